The van der Waals surface area contributed by atoms with Crippen LogP contribution in [0.5, 0.6) is 0 Å². The summed E-state index contributed by atoms with van der Waals surface area (Å²) in [5.74, 6) is 0.348. The van der Waals surface area contributed by atoms with Crippen molar-refractivity contribution in [3.8, 4) is 0 Å². The second kappa shape index (κ2) is 5.21. The number of hydrogen-bond acceptors (Lipinski definition) is 3. The van der Waals surface area contributed by atoms with Crippen molar-refractivity contribution in [1.82, 2.24) is 0 Å². The van der Waals surface area contributed by atoms with E-state index in [1.165, 1.54) is 7.11 Å². The highest BCUT2D eigenvalue weighted by Gasteiger charge is 2.40. The van der Waals surface area contributed by atoms with Crippen LogP contribution in [0.2, 0.25) is 0 Å². The van der Waals surface area contributed by atoms with Crippen molar-refractivity contribution in [2.75, 3.05) is 18.6 Å². The predicted molar refractivity (Wildman–Crippen MR) is 68.0 cm³/mol. The molecular formula is C14H19NO2. The van der Waals surface area contributed by atoms with E-state index in [1.807, 2.05) is 30.3 Å². The molecule has 0 amide bonds. The zero-order chi connectivity index (χ0) is 12.3. The lowest BCUT2D eigenvalue weighted by molar-refractivity contribution is -0.142. The number of benzene rings is 1. The molecule has 1 aromatic rings. The SMILES string of the molecule is CCN(c1ccccc1)[C@H](C(=O)OC)C1CC1. The average molecular weight is 233 g/mol. The molecule has 1 aliphatic rings. The summed E-state index contributed by atoms with van der Waals surface area (Å²) in [7, 11) is 1.47. The summed E-state index contributed by atoms with van der Waals surface area (Å²) in [6.07, 6.45) is 2.26. The molecule has 1 saturated carbocycles. The third kappa shape index (κ3) is 2.60. The number of hydrogen-bond donors (Lipinski definition) is 0. The molecule has 92 valence electrons. The molecule has 1 aromatic carbocycles. The maximum atomic E-state index is 11.9. The van der Waals surface area contributed by atoms with E-state index < -0.39 is 0 Å². The summed E-state index contributed by atoms with van der Waals surface area (Å²) in [5.41, 5.74) is 1.09. The van der Waals surface area contributed by atoms with Gasteiger partial charge in [0.05, 0.1) is 7.11 Å². The standard InChI is InChI=1S/C14H19NO2/c1-3-15(12-7-5-4-6-8-12)13(11-9-10-11)14(16)17-2/h4-8,11,13H,3,9-10H2,1-2H3/t13-/m0/s1. The molecule has 0 N–H and O–H groups in total. The fraction of sp³-hybridized carbons (Fsp3) is 0.500. The summed E-state index contributed by atoms with van der Waals surface area (Å²) >= 11 is 0. The van der Waals surface area contributed by atoms with Gasteiger partial charge in [-0.15, -0.1) is 0 Å². The van der Waals surface area contributed by atoms with Crippen molar-refractivity contribution in [3.63, 3.8) is 0 Å². The van der Waals surface area contributed by atoms with E-state index in [4.69, 9.17) is 4.74 Å². The zero-order valence-electron chi connectivity index (χ0n) is 10.4. The highest BCUT2D eigenvalue weighted by Crippen LogP contribution is 2.37. The number of anilines is 1. The maximum Gasteiger partial charge on any atom is 0.328 e. The molecule has 0 radical (unpaired) electrons. The summed E-state index contributed by atoms with van der Waals surface area (Å²) in [4.78, 5) is 14.0. The number of nitrogens with zero attached hydrogens (tertiary/aromatic N) is 1. The van der Waals surface area contributed by atoms with Crippen LogP contribution in [-0.2, 0) is 9.53 Å². The monoisotopic (exact) mass is 233 g/mol. The molecule has 17 heavy (non-hydrogen) atoms. The van der Waals surface area contributed by atoms with Crippen LogP contribution >= 0.6 is 0 Å². The van der Waals surface area contributed by atoms with Gasteiger partial charge in [-0.2, -0.15) is 0 Å². The van der Waals surface area contributed by atoms with E-state index in [9.17, 15) is 4.79 Å². The fourth-order valence-electron chi connectivity index (χ4n) is 2.27. The predicted octanol–water partition coefficient (Wildman–Crippen LogP) is 2.46. The average Bonchev–Trinajstić information content (AvgIpc) is 3.20. The number of esters is 1. The maximum absolute atomic E-state index is 11.9. The number of rotatable bonds is 5. The van der Waals surface area contributed by atoms with Gasteiger partial charge >= 0.3 is 5.97 Å². The van der Waals surface area contributed by atoms with Gasteiger partial charge in [0.25, 0.3) is 0 Å². The van der Waals surface area contributed by atoms with Gasteiger partial charge < -0.3 is 9.64 Å². The second-order valence-corrected chi connectivity index (χ2v) is 4.43. The molecule has 0 aromatic heterocycles. The Balaban J connectivity index is 2.23. The molecule has 2 rings (SSSR count). The number of ether oxygens (including phenoxy) is 1. The molecule has 0 unspecified atom stereocenters. The van der Waals surface area contributed by atoms with Gasteiger partial charge in [-0.25, -0.2) is 4.79 Å². The van der Waals surface area contributed by atoms with Crippen LogP contribution in [0.3, 0.4) is 0 Å². The molecule has 3 heteroatoms. The molecule has 0 bridgehead atoms. The Morgan fingerprint density at radius 2 is 2.06 bits per heavy atom. The molecule has 0 heterocycles. The largest absolute Gasteiger partial charge is 0.467 e. The first kappa shape index (κ1) is 12.0. The van der Waals surface area contributed by atoms with Crippen LogP contribution in [0.1, 0.15) is 19.8 Å². The van der Waals surface area contributed by atoms with Crippen molar-refractivity contribution in [3.05, 3.63) is 30.3 Å². The summed E-state index contributed by atoms with van der Waals surface area (Å²) in [6, 6.07) is 9.95. The highest BCUT2D eigenvalue weighted by molar-refractivity contribution is 5.81. The molecule has 0 spiro atoms. The van der Waals surface area contributed by atoms with Crippen molar-refractivity contribution in [2.45, 2.75) is 25.8 Å². The Kier molecular flexibility index (Phi) is 3.67. The van der Waals surface area contributed by atoms with Crippen LogP contribution in [0.15, 0.2) is 30.3 Å². The van der Waals surface area contributed by atoms with Crippen molar-refractivity contribution in [2.24, 2.45) is 5.92 Å². The van der Waals surface area contributed by atoms with E-state index in [0.717, 1.165) is 25.1 Å². The van der Waals surface area contributed by atoms with Crippen LogP contribution < -0.4 is 4.90 Å². The Morgan fingerprint density at radius 3 is 2.53 bits per heavy atom. The lowest BCUT2D eigenvalue weighted by Gasteiger charge is -2.30. The Labute approximate surface area is 102 Å². The van der Waals surface area contributed by atoms with Gasteiger partial charge in [-0.3, -0.25) is 0 Å². The van der Waals surface area contributed by atoms with E-state index in [2.05, 4.69) is 11.8 Å². The second-order valence-electron chi connectivity index (χ2n) is 4.43. The normalized spacial score (nSPS) is 16.4. The minimum absolute atomic E-state index is 0.113. The Bertz CT molecular complexity index is 373. The smallest absolute Gasteiger partial charge is 0.328 e. The lowest BCUT2D eigenvalue weighted by Crippen LogP contribution is -2.43. The summed E-state index contributed by atoms with van der Waals surface area (Å²) in [5, 5.41) is 0. The number of para-hydroxylation sites is 1. The van der Waals surface area contributed by atoms with Crippen molar-refractivity contribution in [1.29, 1.82) is 0 Å². The number of likely N-dealkylation sites (N-methyl/N-ethyl adjacent to an activating group) is 1. The van der Waals surface area contributed by atoms with Gasteiger partial charge in [-0.1, -0.05) is 18.2 Å². The Morgan fingerprint density at radius 1 is 1.41 bits per heavy atom. The third-order valence-electron chi connectivity index (χ3n) is 3.28. The molecular weight excluding hydrogens is 214 g/mol. The van der Waals surface area contributed by atoms with Gasteiger partial charge in [0.1, 0.15) is 6.04 Å². The molecule has 3 nitrogen and oxygen atoms in total. The number of carbonyl (C=O) groups is 1. The first-order chi connectivity index (χ1) is 8.27. The fourth-order valence-corrected chi connectivity index (χ4v) is 2.27. The van der Waals surface area contributed by atoms with Crippen LogP contribution in [0.25, 0.3) is 0 Å². The van der Waals surface area contributed by atoms with Gasteiger partial charge in [0.2, 0.25) is 0 Å². The first-order valence-electron chi connectivity index (χ1n) is 6.17. The molecule has 1 atom stereocenters. The molecule has 0 saturated heterocycles. The van der Waals surface area contributed by atoms with Crippen molar-refractivity contribution >= 4 is 11.7 Å². The van der Waals surface area contributed by atoms with Gasteiger partial charge in [0, 0.05) is 12.2 Å². The first-order valence-corrected chi connectivity index (χ1v) is 6.17. The minimum atomic E-state index is -0.118. The minimum Gasteiger partial charge on any atom is -0.467 e. The number of methoxy groups -OCH3 is 1. The third-order valence-corrected chi connectivity index (χ3v) is 3.28. The van der Waals surface area contributed by atoms with Gasteiger partial charge in [0.15, 0.2) is 0 Å². The summed E-state index contributed by atoms with van der Waals surface area (Å²) < 4.78 is 4.94. The van der Waals surface area contributed by atoms with E-state index in [1.54, 1.807) is 0 Å². The van der Waals surface area contributed by atoms with Crippen LogP contribution in [0.4, 0.5) is 5.69 Å². The highest BCUT2D eigenvalue weighted by atomic mass is 16.5. The number of carbonyl (C=O) groups excluding carboxylic acids is 1. The van der Waals surface area contributed by atoms with E-state index >= 15 is 0 Å². The summed E-state index contributed by atoms with van der Waals surface area (Å²) in [6.45, 7) is 2.89. The quantitative estimate of drug-likeness (QED) is 0.732. The van der Waals surface area contributed by atoms with Crippen molar-refractivity contribution < 1.29 is 9.53 Å². The van der Waals surface area contributed by atoms with Crippen LogP contribution in [0, 0.1) is 5.92 Å². The van der Waals surface area contributed by atoms with E-state index in [-0.39, 0.29) is 12.0 Å². The van der Waals surface area contributed by atoms with Gasteiger partial charge in [-0.05, 0) is 37.8 Å². The Hall–Kier alpha value is -1.51. The molecule has 1 aliphatic carbocycles. The molecule has 0 aliphatic heterocycles. The zero-order valence-corrected chi connectivity index (χ0v) is 10.4. The van der Waals surface area contributed by atoms with Crippen LogP contribution in [-0.4, -0.2) is 25.7 Å². The topological polar surface area (TPSA) is 29.5 Å². The lowest BCUT2D eigenvalue weighted by atomic mass is 10.1. The van der Waals surface area contributed by atoms with E-state index in [0.29, 0.717) is 5.92 Å². The molecule has 1 fully saturated rings.